The summed E-state index contributed by atoms with van der Waals surface area (Å²) in [5.74, 6) is 0.122. The third kappa shape index (κ3) is 3.76. The van der Waals surface area contributed by atoms with E-state index in [0.29, 0.717) is 18.6 Å². The number of hydrogen-bond acceptors (Lipinski definition) is 4. The van der Waals surface area contributed by atoms with Crippen molar-refractivity contribution in [1.82, 2.24) is 4.31 Å². The van der Waals surface area contributed by atoms with E-state index < -0.39 is 15.9 Å². The van der Waals surface area contributed by atoms with Crippen LogP contribution in [0, 0.1) is 0 Å². The number of benzene rings is 2. The van der Waals surface area contributed by atoms with E-state index in [1.54, 1.807) is 6.07 Å². The molecule has 2 aromatic carbocycles. The minimum atomic E-state index is -3.45. The Morgan fingerprint density at radius 1 is 1.04 bits per heavy atom. The van der Waals surface area contributed by atoms with Crippen molar-refractivity contribution >= 4 is 15.9 Å². The number of carbonyl (C=O) groups excluding carboxylic acids is 1. The highest BCUT2D eigenvalue weighted by molar-refractivity contribution is 7.89. The van der Waals surface area contributed by atoms with Gasteiger partial charge in [-0.2, -0.15) is 0 Å². The summed E-state index contributed by atoms with van der Waals surface area (Å²) < 4.78 is 30.1. The maximum atomic E-state index is 12.1. The second-order valence-electron chi connectivity index (χ2n) is 5.69. The van der Waals surface area contributed by atoms with Crippen LogP contribution in [0.4, 0.5) is 0 Å². The molecule has 0 spiro atoms. The molecule has 1 aliphatic rings. The van der Waals surface area contributed by atoms with Gasteiger partial charge in [-0.15, -0.1) is 0 Å². The van der Waals surface area contributed by atoms with Gasteiger partial charge in [-0.05, 0) is 23.6 Å². The molecule has 1 fully saturated rings. The van der Waals surface area contributed by atoms with E-state index >= 15 is 0 Å². The Kier molecular flexibility index (Phi) is 4.85. The predicted octanol–water partition coefficient (Wildman–Crippen LogP) is 2.22. The second-order valence-corrected chi connectivity index (χ2v) is 7.71. The molecule has 1 amide bonds. The lowest BCUT2D eigenvalue weighted by Crippen LogP contribution is -2.36. The van der Waals surface area contributed by atoms with Crippen LogP contribution in [0.25, 0.3) is 0 Å². The van der Waals surface area contributed by atoms with Crippen LogP contribution in [0.15, 0.2) is 54.6 Å². The van der Waals surface area contributed by atoms with Crippen LogP contribution in [-0.2, 0) is 21.2 Å². The number of rotatable bonds is 5. The molecule has 1 saturated heterocycles. The first-order valence-corrected chi connectivity index (χ1v) is 9.45. The minimum Gasteiger partial charge on any atom is -0.483 e. The molecule has 0 aliphatic carbocycles. The van der Waals surface area contributed by atoms with E-state index in [0.717, 1.165) is 15.4 Å². The van der Waals surface area contributed by atoms with E-state index in [1.807, 2.05) is 48.5 Å². The normalized spacial score (nSPS) is 16.1. The minimum absolute atomic E-state index is 0.0311. The first-order chi connectivity index (χ1) is 11.6. The van der Waals surface area contributed by atoms with Crippen LogP contribution in [-0.4, -0.2) is 37.5 Å². The summed E-state index contributed by atoms with van der Waals surface area (Å²) in [5.41, 5.74) is 2.10. The van der Waals surface area contributed by atoms with Crippen molar-refractivity contribution in [3.63, 3.8) is 0 Å². The molecule has 5 nitrogen and oxygen atoms in total. The average molecular weight is 345 g/mol. The molecule has 126 valence electrons. The van der Waals surface area contributed by atoms with E-state index in [4.69, 9.17) is 4.74 Å². The van der Waals surface area contributed by atoms with Gasteiger partial charge in [0.25, 0.3) is 5.91 Å². The lowest BCUT2D eigenvalue weighted by molar-refractivity contribution is -0.128. The van der Waals surface area contributed by atoms with Crippen LogP contribution < -0.4 is 4.74 Å². The monoisotopic (exact) mass is 345 g/mol. The highest BCUT2D eigenvalue weighted by Gasteiger charge is 2.32. The van der Waals surface area contributed by atoms with Crippen molar-refractivity contribution < 1.29 is 17.9 Å². The van der Waals surface area contributed by atoms with Gasteiger partial charge in [0, 0.05) is 13.0 Å². The van der Waals surface area contributed by atoms with E-state index in [-0.39, 0.29) is 18.9 Å². The van der Waals surface area contributed by atoms with Crippen LogP contribution in [0.3, 0.4) is 0 Å². The largest absolute Gasteiger partial charge is 0.483 e. The van der Waals surface area contributed by atoms with E-state index in [2.05, 4.69) is 0 Å². The van der Waals surface area contributed by atoms with Gasteiger partial charge >= 0.3 is 0 Å². The average Bonchev–Trinajstić information content (AvgIpc) is 2.94. The van der Waals surface area contributed by atoms with Gasteiger partial charge in [0.15, 0.2) is 6.61 Å². The molecule has 0 bridgehead atoms. The predicted molar refractivity (Wildman–Crippen MR) is 91.3 cm³/mol. The second kappa shape index (κ2) is 7.05. The van der Waals surface area contributed by atoms with Crippen molar-refractivity contribution in [2.45, 2.75) is 12.8 Å². The van der Waals surface area contributed by atoms with Gasteiger partial charge in [0.05, 0.1) is 5.75 Å². The molecule has 3 rings (SSSR count). The van der Waals surface area contributed by atoms with Crippen LogP contribution in [0.1, 0.15) is 17.5 Å². The van der Waals surface area contributed by atoms with Crippen molar-refractivity contribution in [2.24, 2.45) is 0 Å². The topological polar surface area (TPSA) is 63.7 Å². The number of para-hydroxylation sites is 1. The highest BCUT2D eigenvalue weighted by atomic mass is 32.2. The highest BCUT2D eigenvalue weighted by Crippen LogP contribution is 2.22. The maximum Gasteiger partial charge on any atom is 0.273 e. The molecule has 6 heteroatoms. The molecule has 0 N–H and O–H groups in total. The fraction of sp³-hybridized carbons (Fsp3) is 0.278. The van der Waals surface area contributed by atoms with Crippen molar-refractivity contribution in [3.8, 4) is 5.75 Å². The molecule has 0 saturated carbocycles. The Labute approximate surface area is 141 Å². The molecule has 0 aromatic heterocycles. The van der Waals surface area contributed by atoms with Gasteiger partial charge in [0.1, 0.15) is 5.75 Å². The maximum absolute atomic E-state index is 12.1. The molecule has 24 heavy (non-hydrogen) atoms. The molecule has 2 aromatic rings. The van der Waals surface area contributed by atoms with Crippen molar-refractivity contribution in [2.75, 3.05) is 18.9 Å². The van der Waals surface area contributed by atoms with Gasteiger partial charge in [-0.3, -0.25) is 4.79 Å². The van der Waals surface area contributed by atoms with Gasteiger partial charge in [0.2, 0.25) is 10.0 Å². The fourth-order valence-electron chi connectivity index (χ4n) is 2.74. The van der Waals surface area contributed by atoms with Gasteiger partial charge in [-0.1, -0.05) is 48.5 Å². The quantitative estimate of drug-likeness (QED) is 0.833. The fourth-order valence-corrected chi connectivity index (χ4v) is 4.22. The number of ether oxygens (including phenoxy) is 1. The molecule has 0 radical (unpaired) electrons. The Balaban J connectivity index is 1.68. The summed E-state index contributed by atoms with van der Waals surface area (Å²) in [5, 5.41) is 0. The summed E-state index contributed by atoms with van der Waals surface area (Å²) in [4.78, 5) is 12.1. The summed E-state index contributed by atoms with van der Waals surface area (Å²) in [6, 6.07) is 17.4. The number of carbonyl (C=O) groups is 1. The molecule has 0 atom stereocenters. The molecular weight excluding hydrogens is 326 g/mol. The van der Waals surface area contributed by atoms with E-state index in [1.165, 1.54) is 0 Å². The Bertz CT molecular complexity index is 818. The van der Waals surface area contributed by atoms with Crippen LogP contribution >= 0.6 is 0 Å². The third-order valence-corrected chi connectivity index (χ3v) is 5.80. The number of sulfonamides is 1. The van der Waals surface area contributed by atoms with Crippen LogP contribution in [0.2, 0.25) is 0 Å². The smallest absolute Gasteiger partial charge is 0.273 e. The Morgan fingerprint density at radius 2 is 1.75 bits per heavy atom. The zero-order valence-corrected chi connectivity index (χ0v) is 14.0. The zero-order valence-electron chi connectivity index (χ0n) is 13.2. The van der Waals surface area contributed by atoms with Gasteiger partial charge in [-0.25, -0.2) is 12.7 Å². The number of amides is 1. The summed E-state index contributed by atoms with van der Waals surface area (Å²) >= 11 is 0. The summed E-state index contributed by atoms with van der Waals surface area (Å²) in [6.45, 7) is -0.0266. The zero-order chi connectivity index (χ0) is 17.0. The Morgan fingerprint density at radius 3 is 2.46 bits per heavy atom. The third-order valence-electron chi connectivity index (χ3n) is 3.94. The van der Waals surface area contributed by atoms with E-state index in [9.17, 15) is 13.2 Å². The first kappa shape index (κ1) is 16.5. The summed E-state index contributed by atoms with van der Waals surface area (Å²) in [6.07, 6.45) is 1.17. The molecule has 1 heterocycles. The lowest BCUT2D eigenvalue weighted by atomic mass is 10.0. The van der Waals surface area contributed by atoms with Crippen LogP contribution in [0.5, 0.6) is 5.75 Å². The summed E-state index contributed by atoms with van der Waals surface area (Å²) in [7, 11) is -3.45. The lowest BCUT2D eigenvalue weighted by Gasteiger charge is -2.16. The van der Waals surface area contributed by atoms with Gasteiger partial charge < -0.3 is 4.74 Å². The SMILES string of the molecule is O=C(COc1ccccc1Cc1ccccc1)N1CCCS1(=O)=O. The first-order valence-electron chi connectivity index (χ1n) is 7.84. The number of hydrogen-bond donors (Lipinski definition) is 0. The molecular formula is C18H19NO4S. The molecule has 0 unspecified atom stereocenters. The van der Waals surface area contributed by atoms with Crippen molar-refractivity contribution in [3.05, 3.63) is 65.7 Å². The number of nitrogens with zero attached hydrogens (tertiary/aromatic N) is 1. The standard InChI is InChI=1S/C18H19NO4S/c20-18(19-11-6-12-24(19,21)22)14-23-17-10-5-4-9-16(17)13-15-7-2-1-3-8-15/h1-5,7-10H,6,11-14H2. The Hall–Kier alpha value is -2.34. The van der Waals surface area contributed by atoms with Crippen molar-refractivity contribution in [1.29, 1.82) is 0 Å². The molecule has 1 aliphatic heterocycles.